The van der Waals surface area contributed by atoms with E-state index in [1.807, 2.05) is 23.1 Å². The van der Waals surface area contributed by atoms with Crippen molar-refractivity contribution in [2.24, 2.45) is 0 Å². The second-order valence-electron chi connectivity index (χ2n) is 8.40. The lowest BCUT2D eigenvalue weighted by Gasteiger charge is -2.35. The van der Waals surface area contributed by atoms with Crippen molar-refractivity contribution in [2.75, 3.05) is 39.3 Å². The molecular weight excluding hydrogens is 446 g/mol. The topological polar surface area (TPSA) is 60.9 Å². The normalized spacial score (nSPS) is 18.6. The Morgan fingerprint density at radius 2 is 1.44 bits per heavy atom. The molecule has 2 fully saturated rings. The lowest BCUT2D eigenvalue weighted by atomic mass is 10.1. The molecule has 0 saturated carbocycles. The van der Waals surface area contributed by atoms with Crippen LogP contribution in [0.5, 0.6) is 0 Å². The number of sulfonamides is 1. The van der Waals surface area contributed by atoms with E-state index in [4.69, 9.17) is 0 Å². The number of hydrogen-bond acceptors (Lipinski definition) is 4. The van der Waals surface area contributed by atoms with Gasteiger partial charge in [-0.15, -0.1) is 0 Å². The van der Waals surface area contributed by atoms with Crippen LogP contribution in [0.3, 0.4) is 0 Å². The van der Waals surface area contributed by atoms with E-state index in [1.165, 1.54) is 5.56 Å². The summed E-state index contributed by atoms with van der Waals surface area (Å²) in [4.78, 5) is 17.5. The summed E-state index contributed by atoms with van der Waals surface area (Å²) in [5.41, 5.74) is 1.72. The molecular formula is C24H31ClN3O3S-. The van der Waals surface area contributed by atoms with E-state index in [-0.39, 0.29) is 23.2 Å². The number of hydrogen-bond donors (Lipinski definition) is 0. The highest BCUT2D eigenvalue weighted by Gasteiger charge is 2.27. The highest BCUT2D eigenvalue weighted by atomic mass is 35.5. The molecule has 2 aromatic carbocycles. The molecule has 2 aliphatic heterocycles. The molecule has 2 saturated heterocycles. The first-order valence-electron chi connectivity index (χ1n) is 11.2. The molecule has 4 rings (SSSR count). The Balaban J connectivity index is 0.00000289. The van der Waals surface area contributed by atoms with Crippen molar-refractivity contribution in [3.8, 4) is 0 Å². The molecule has 1 amide bonds. The minimum Gasteiger partial charge on any atom is -1.00 e. The number of halogens is 1. The van der Waals surface area contributed by atoms with Gasteiger partial charge < -0.3 is 17.3 Å². The maximum absolute atomic E-state index is 13.1. The fourth-order valence-corrected chi connectivity index (χ4v) is 5.92. The van der Waals surface area contributed by atoms with Gasteiger partial charge in [0, 0.05) is 51.4 Å². The second kappa shape index (κ2) is 11.3. The Kier molecular flexibility index (Phi) is 8.71. The van der Waals surface area contributed by atoms with Gasteiger partial charge in [-0.25, -0.2) is 8.42 Å². The summed E-state index contributed by atoms with van der Waals surface area (Å²) in [5, 5.41) is 0. The molecule has 0 unspecified atom stereocenters. The van der Waals surface area contributed by atoms with Crippen molar-refractivity contribution in [3.63, 3.8) is 0 Å². The van der Waals surface area contributed by atoms with Crippen LogP contribution in [0.25, 0.3) is 0 Å². The van der Waals surface area contributed by atoms with Gasteiger partial charge in [-0.1, -0.05) is 49.2 Å². The smallest absolute Gasteiger partial charge is 0.253 e. The van der Waals surface area contributed by atoms with E-state index >= 15 is 0 Å². The van der Waals surface area contributed by atoms with Crippen molar-refractivity contribution in [3.05, 3.63) is 65.7 Å². The van der Waals surface area contributed by atoms with Gasteiger partial charge >= 0.3 is 0 Å². The van der Waals surface area contributed by atoms with Gasteiger partial charge in [-0.3, -0.25) is 9.69 Å². The number of amides is 1. The lowest BCUT2D eigenvalue weighted by molar-refractivity contribution is -0.0000197. The predicted octanol–water partition coefficient (Wildman–Crippen LogP) is 0.213. The van der Waals surface area contributed by atoms with Crippen molar-refractivity contribution in [1.82, 2.24) is 14.1 Å². The number of carbonyl (C=O) groups excluding carboxylic acids is 1. The average molecular weight is 477 g/mol. The highest BCUT2D eigenvalue weighted by molar-refractivity contribution is 7.89. The minimum atomic E-state index is -3.56. The third-order valence-electron chi connectivity index (χ3n) is 6.19. The van der Waals surface area contributed by atoms with Crippen LogP contribution in [0, 0.1) is 0 Å². The van der Waals surface area contributed by atoms with E-state index in [9.17, 15) is 13.2 Å². The fraction of sp³-hybridized carbons (Fsp3) is 0.458. The first-order chi connectivity index (χ1) is 15.0. The molecule has 8 heteroatoms. The number of benzene rings is 2. The molecule has 2 aliphatic rings. The summed E-state index contributed by atoms with van der Waals surface area (Å²) in [5.74, 6) is -0.0905. The van der Waals surface area contributed by atoms with Gasteiger partial charge in [0.05, 0.1) is 4.90 Å². The van der Waals surface area contributed by atoms with E-state index in [0.717, 1.165) is 45.3 Å². The summed E-state index contributed by atoms with van der Waals surface area (Å²) in [6, 6.07) is 16.9. The first-order valence-corrected chi connectivity index (χ1v) is 12.6. The number of rotatable bonds is 5. The minimum absolute atomic E-state index is 0. The Morgan fingerprint density at radius 3 is 2.09 bits per heavy atom. The van der Waals surface area contributed by atoms with E-state index in [0.29, 0.717) is 31.7 Å². The molecule has 0 aliphatic carbocycles. The molecule has 0 spiro atoms. The monoisotopic (exact) mass is 476 g/mol. The maximum Gasteiger partial charge on any atom is 0.253 e. The molecule has 0 atom stereocenters. The molecule has 0 bridgehead atoms. The summed E-state index contributed by atoms with van der Waals surface area (Å²) < 4.78 is 27.8. The standard InChI is InChI=1S/C24H31N3O3S.ClH/c28-24(26-17-15-25(16-18-26)20-21-9-4-3-5-10-21)22-11-8-12-23(19-22)31(29,30)27-13-6-1-2-7-14-27;/h3-5,8-12,19H,1-2,6-7,13-18,20H2;1H/p-1. The van der Waals surface area contributed by atoms with Crippen LogP contribution in [-0.2, 0) is 16.6 Å². The fourth-order valence-electron chi connectivity index (χ4n) is 4.35. The van der Waals surface area contributed by atoms with Gasteiger partial charge in [0.2, 0.25) is 10.0 Å². The molecule has 2 aromatic rings. The highest BCUT2D eigenvalue weighted by Crippen LogP contribution is 2.22. The summed E-state index contributed by atoms with van der Waals surface area (Å²) in [6.07, 6.45) is 3.93. The Hall–Kier alpha value is -1.93. The first kappa shape index (κ1) is 24.7. The van der Waals surface area contributed by atoms with Crippen LogP contribution in [0.1, 0.15) is 41.6 Å². The average Bonchev–Trinajstić information content (AvgIpc) is 3.10. The maximum atomic E-state index is 13.1. The van der Waals surface area contributed by atoms with E-state index in [1.54, 1.807) is 28.6 Å². The van der Waals surface area contributed by atoms with Crippen LogP contribution in [0.4, 0.5) is 0 Å². The zero-order valence-corrected chi connectivity index (χ0v) is 19.9. The molecule has 2 heterocycles. The molecule has 32 heavy (non-hydrogen) atoms. The second-order valence-corrected chi connectivity index (χ2v) is 10.3. The molecule has 0 aromatic heterocycles. The van der Waals surface area contributed by atoms with Crippen LogP contribution in [-0.4, -0.2) is 67.7 Å². The van der Waals surface area contributed by atoms with Gasteiger partial charge in [0.25, 0.3) is 5.91 Å². The number of carbonyl (C=O) groups is 1. The number of nitrogens with zero attached hydrogens (tertiary/aromatic N) is 3. The van der Waals surface area contributed by atoms with Crippen LogP contribution >= 0.6 is 0 Å². The summed E-state index contributed by atoms with van der Waals surface area (Å²) in [7, 11) is -3.56. The number of piperazine rings is 1. The van der Waals surface area contributed by atoms with Crippen LogP contribution in [0.2, 0.25) is 0 Å². The van der Waals surface area contributed by atoms with Crippen LogP contribution in [0.15, 0.2) is 59.5 Å². The van der Waals surface area contributed by atoms with Crippen molar-refractivity contribution >= 4 is 15.9 Å². The quantitative estimate of drug-likeness (QED) is 0.619. The Bertz CT molecular complexity index is 985. The molecule has 6 nitrogen and oxygen atoms in total. The largest absolute Gasteiger partial charge is 1.00 e. The molecule has 0 N–H and O–H groups in total. The zero-order valence-electron chi connectivity index (χ0n) is 18.3. The molecule has 174 valence electrons. The Labute approximate surface area is 197 Å². The SMILES string of the molecule is O=C(c1cccc(S(=O)(=O)N2CCCCCC2)c1)N1CCN(Cc2ccccc2)CC1.[Cl-]. The third-order valence-corrected chi connectivity index (χ3v) is 8.09. The van der Waals surface area contributed by atoms with E-state index in [2.05, 4.69) is 17.0 Å². The Morgan fingerprint density at radius 1 is 0.781 bits per heavy atom. The van der Waals surface area contributed by atoms with Gasteiger partial charge in [-0.2, -0.15) is 4.31 Å². The van der Waals surface area contributed by atoms with Gasteiger partial charge in [-0.05, 0) is 36.6 Å². The summed E-state index contributed by atoms with van der Waals surface area (Å²) >= 11 is 0. The van der Waals surface area contributed by atoms with Gasteiger partial charge in [0.1, 0.15) is 0 Å². The van der Waals surface area contributed by atoms with Gasteiger partial charge in [0.15, 0.2) is 0 Å². The summed E-state index contributed by atoms with van der Waals surface area (Å²) in [6.45, 7) is 4.92. The molecule has 0 radical (unpaired) electrons. The van der Waals surface area contributed by atoms with Crippen molar-refractivity contribution < 1.29 is 25.6 Å². The van der Waals surface area contributed by atoms with E-state index < -0.39 is 10.0 Å². The predicted molar refractivity (Wildman–Crippen MR) is 121 cm³/mol. The lowest BCUT2D eigenvalue weighted by Crippen LogP contribution is -3.00. The zero-order chi connectivity index (χ0) is 21.7. The van der Waals surface area contributed by atoms with Crippen molar-refractivity contribution in [2.45, 2.75) is 37.1 Å². The third kappa shape index (κ3) is 5.90. The van der Waals surface area contributed by atoms with Crippen molar-refractivity contribution in [1.29, 1.82) is 0 Å². The van der Waals surface area contributed by atoms with Crippen LogP contribution < -0.4 is 12.4 Å².